The van der Waals surface area contributed by atoms with Gasteiger partial charge in [0.25, 0.3) is 5.91 Å². The molecule has 0 saturated heterocycles. The smallest absolute Gasteiger partial charge is 0.252 e. The van der Waals surface area contributed by atoms with Crippen molar-refractivity contribution >= 4 is 40.1 Å². The molecule has 0 fully saturated rings. The molecule has 1 amide bonds. The number of hydrogen-bond donors (Lipinski definition) is 1. The zero-order valence-electron chi connectivity index (χ0n) is 9.52. The lowest BCUT2D eigenvalue weighted by molar-refractivity contribution is 0.0949. The molecule has 0 unspecified atom stereocenters. The number of rotatable bonds is 3. The van der Waals surface area contributed by atoms with Gasteiger partial charge in [0.15, 0.2) is 5.82 Å². The number of carbonyl (C=O) groups is 1. The Morgan fingerprint density at radius 2 is 2.33 bits per heavy atom. The topological polar surface area (TPSA) is 59.8 Å². The SMILES string of the molecule is Cn1cnc(CNC(=O)c2cc(Cl)ccc2I)n1. The minimum atomic E-state index is -0.186. The second-order valence-electron chi connectivity index (χ2n) is 3.64. The Hall–Kier alpha value is -1.15. The van der Waals surface area contributed by atoms with Gasteiger partial charge in [-0.3, -0.25) is 9.48 Å². The molecule has 0 saturated carbocycles. The lowest BCUT2D eigenvalue weighted by Gasteiger charge is -2.05. The van der Waals surface area contributed by atoms with Crippen molar-refractivity contribution in [2.45, 2.75) is 6.54 Å². The molecule has 5 nitrogen and oxygen atoms in total. The number of nitrogens with one attached hydrogen (secondary N) is 1. The molecule has 1 aromatic carbocycles. The average molecular weight is 377 g/mol. The van der Waals surface area contributed by atoms with E-state index in [2.05, 4.69) is 38.0 Å². The van der Waals surface area contributed by atoms with Crippen LogP contribution in [0.2, 0.25) is 5.02 Å². The maximum Gasteiger partial charge on any atom is 0.252 e. The number of halogens is 2. The Balaban J connectivity index is 2.05. The molecule has 2 rings (SSSR count). The highest BCUT2D eigenvalue weighted by Crippen LogP contribution is 2.17. The predicted molar refractivity (Wildman–Crippen MR) is 76.3 cm³/mol. The molecule has 1 aromatic heterocycles. The Morgan fingerprint density at radius 3 is 3.00 bits per heavy atom. The van der Waals surface area contributed by atoms with Crippen molar-refractivity contribution in [3.05, 3.63) is 44.5 Å². The van der Waals surface area contributed by atoms with Crippen LogP contribution in [0.5, 0.6) is 0 Å². The quantitative estimate of drug-likeness (QED) is 0.834. The highest BCUT2D eigenvalue weighted by Gasteiger charge is 2.11. The Kier molecular flexibility index (Phi) is 4.18. The number of nitrogens with zero attached hydrogens (tertiary/aromatic N) is 3. The van der Waals surface area contributed by atoms with Gasteiger partial charge in [-0.1, -0.05) is 11.6 Å². The van der Waals surface area contributed by atoms with Crippen LogP contribution in [0.4, 0.5) is 0 Å². The third-order valence-electron chi connectivity index (χ3n) is 2.23. The van der Waals surface area contributed by atoms with Crippen molar-refractivity contribution in [2.75, 3.05) is 0 Å². The van der Waals surface area contributed by atoms with Gasteiger partial charge in [-0.05, 0) is 40.8 Å². The van der Waals surface area contributed by atoms with Gasteiger partial charge >= 0.3 is 0 Å². The highest BCUT2D eigenvalue weighted by molar-refractivity contribution is 14.1. The van der Waals surface area contributed by atoms with Gasteiger partial charge in [-0.25, -0.2) is 4.98 Å². The van der Waals surface area contributed by atoms with E-state index in [0.717, 1.165) is 3.57 Å². The average Bonchev–Trinajstić information content (AvgIpc) is 2.75. The summed E-state index contributed by atoms with van der Waals surface area (Å²) < 4.78 is 2.44. The van der Waals surface area contributed by atoms with Crippen molar-refractivity contribution in [1.29, 1.82) is 0 Å². The van der Waals surface area contributed by atoms with Gasteiger partial charge in [0.05, 0.1) is 12.1 Å². The summed E-state index contributed by atoms with van der Waals surface area (Å²) in [5.74, 6) is 0.386. The summed E-state index contributed by atoms with van der Waals surface area (Å²) >= 11 is 7.97. The van der Waals surface area contributed by atoms with Crippen molar-refractivity contribution in [2.24, 2.45) is 7.05 Å². The summed E-state index contributed by atoms with van der Waals surface area (Å²) in [7, 11) is 1.78. The normalized spacial score (nSPS) is 10.4. The van der Waals surface area contributed by atoms with Gasteiger partial charge in [0.2, 0.25) is 0 Å². The highest BCUT2D eigenvalue weighted by atomic mass is 127. The van der Waals surface area contributed by atoms with E-state index in [4.69, 9.17) is 11.6 Å². The number of benzene rings is 1. The second-order valence-corrected chi connectivity index (χ2v) is 5.24. The number of hydrogen-bond acceptors (Lipinski definition) is 3. The Bertz CT molecular complexity index is 584. The summed E-state index contributed by atoms with van der Waals surface area (Å²) in [4.78, 5) is 16.0. The molecule has 7 heteroatoms. The van der Waals surface area contributed by atoms with Crippen LogP contribution in [0, 0.1) is 3.57 Å². The summed E-state index contributed by atoms with van der Waals surface area (Å²) in [5.41, 5.74) is 0.555. The monoisotopic (exact) mass is 376 g/mol. The molecule has 0 aliphatic carbocycles. The van der Waals surface area contributed by atoms with Gasteiger partial charge in [0, 0.05) is 15.6 Å². The molecule has 2 aromatic rings. The van der Waals surface area contributed by atoms with Crippen LogP contribution in [-0.2, 0) is 13.6 Å². The lowest BCUT2D eigenvalue weighted by atomic mass is 10.2. The predicted octanol–water partition coefficient (Wildman–Crippen LogP) is 2.00. The number of aromatic nitrogens is 3. The third kappa shape index (κ3) is 3.20. The standard InChI is InChI=1S/C11H10ClIN4O/c1-17-6-15-10(16-17)5-14-11(18)8-4-7(12)2-3-9(8)13/h2-4,6H,5H2,1H3,(H,14,18). The fraction of sp³-hybridized carbons (Fsp3) is 0.182. The number of aryl methyl sites for hydroxylation is 1. The third-order valence-corrected chi connectivity index (χ3v) is 3.40. The summed E-state index contributed by atoms with van der Waals surface area (Å²) in [6.45, 7) is 0.294. The van der Waals surface area contributed by atoms with Crippen LogP contribution in [0.15, 0.2) is 24.5 Å². The zero-order valence-corrected chi connectivity index (χ0v) is 12.4. The molecule has 0 aliphatic heterocycles. The first-order valence-electron chi connectivity index (χ1n) is 5.14. The van der Waals surface area contributed by atoms with Crippen molar-refractivity contribution in [1.82, 2.24) is 20.1 Å². The van der Waals surface area contributed by atoms with Crippen LogP contribution < -0.4 is 5.32 Å². The van der Waals surface area contributed by atoms with E-state index >= 15 is 0 Å². The molecule has 1 N–H and O–H groups in total. The molecular formula is C11H10ClIN4O. The minimum Gasteiger partial charge on any atom is -0.345 e. The van der Waals surface area contributed by atoms with Crippen LogP contribution in [0.25, 0.3) is 0 Å². The van der Waals surface area contributed by atoms with Gasteiger partial charge < -0.3 is 5.32 Å². The van der Waals surface area contributed by atoms with E-state index in [1.165, 1.54) is 0 Å². The van der Waals surface area contributed by atoms with E-state index < -0.39 is 0 Å². The Morgan fingerprint density at radius 1 is 1.56 bits per heavy atom. The van der Waals surface area contributed by atoms with Crippen LogP contribution in [0.3, 0.4) is 0 Å². The molecule has 1 heterocycles. The van der Waals surface area contributed by atoms with Crippen LogP contribution in [0.1, 0.15) is 16.2 Å². The first kappa shape index (κ1) is 13.3. The number of amides is 1. The maximum absolute atomic E-state index is 12.0. The molecule has 0 spiro atoms. The minimum absolute atomic E-state index is 0.186. The molecular weight excluding hydrogens is 367 g/mol. The first-order chi connectivity index (χ1) is 8.56. The fourth-order valence-electron chi connectivity index (χ4n) is 1.39. The second kappa shape index (κ2) is 5.66. The maximum atomic E-state index is 12.0. The molecule has 0 aliphatic rings. The molecule has 94 valence electrons. The van der Waals surface area contributed by atoms with Crippen molar-refractivity contribution in [3.63, 3.8) is 0 Å². The Labute approximate surface area is 123 Å². The summed E-state index contributed by atoms with van der Waals surface area (Å²) in [6, 6.07) is 5.20. The van der Waals surface area contributed by atoms with E-state index in [1.54, 1.807) is 36.3 Å². The number of carbonyl (C=O) groups excluding carboxylic acids is 1. The zero-order chi connectivity index (χ0) is 13.1. The molecule has 0 radical (unpaired) electrons. The molecule has 18 heavy (non-hydrogen) atoms. The van der Waals surface area contributed by atoms with Gasteiger partial charge in [-0.2, -0.15) is 5.10 Å². The summed E-state index contributed by atoms with van der Waals surface area (Å²) in [6.07, 6.45) is 1.59. The van der Waals surface area contributed by atoms with Crippen molar-refractivity contribution in [3.8, 4) is 0 Å². The van der Waals surface area contributed by atoms with Crippen molar-refractivity contribution < 1.29 is 4.79 Å². The molecule has 0 bridgehead atoms. The van der Waals surface area contributed by atoms with E-state index in [1.807, 2.05) is 0 Å². The van der Waals surface area contributed by atoms with Gasteiger partial charge in [0.1, 0.15) is 6.33 Å². The van der Waals surface area contributed by atoms with E-state index in [0.29, 0.717) is 23.0 Å². The van der Waals surface area contributed by atoms with Gasteiger partial charge in [-0.15, -0.1) is 0 Å². The summed E-state index contributed by atoms with van der Waals surface area (Å²) in [5, 5.41) is 7.37. The van der Waals surface area contributed by atoms with Crippen LogP contribution in [-0.4, -0.2) is 20.7 Å². The fourth-order valence-corrected chi connectivity index (χ4v) is 2.14. The van der Waals surface area contributed by atoms with E-state index in [9.17, 15) is 4.79 Å². The van der Waals surface area contributed by atoms with Crippen LogP contribution >= 0.6 is 34.2 Å². The lowest BCUT2D eigenvalue weighted by Crippen LogP contribution is -2.24. The molecule has 0 atom stereocenters. The largest absolute Gasteiger partial charge is 0.345 e. The first-order valence-corrected chi connectivity index (χ1v) is 6.59. The van der Waals surface area contributed by atoms with E-state index in [-0.39, 0.29) is 5.91 Å².